The zero-order chi connectivity index (χ0) is 12.4. The topological polar surface area (TPSA) is 96.5 Å². The van der Waals surface area contributed by atoms with Crippen LogP contribution in [0.3, 0.4) is 0 Å². The summed E-state index contributed by atoms with van der Waals surface area (Å²) in [6, 6.07) is -0.757. The third-order valence-corrected chi connectivity index (χ3v) is 1.65. The maximum atomic E-state index is 11.1. The highest BCUT2D eigenvalue weighted by Crippen LogP contribution is 1.74. The van der Waals surface area contributed by atoms with Crippen molar-refractivity contribution in [3.05, 3.63) is 0 Å². The van der Waals surface area contributed by atoms with Crippen LogP contribution < -0.4 is 16.0 Å². The average Bonchev–Trinajstić information content (AvgIpc) is 2.26. The van der Waals surface area contributed by atoms with E-state index < -0.39 is 11.9 Å². The molecular weight excluding hydrogens is 238 g/mol. The second kappa shape index (κ2) is 8.93. The van der Waals surface area contributed by atoms with Crippen LogP contribution in [0, 0.1) is 0 Å². The van der Waals surface area contributed by atoms with Crippen molar-refractivity contribution in [2.24, 2.45) is 0 Å². The fourth-order valence-electron chi connectivity index (χ4n) is 0.720. The maximum absolute atomic E-state index is 11.1. The van der Waals surface area contributed by atoms with Gasteiger partial charge in [0.05, 0.1) is 13.2 Å². The molecule has 0 saturated carbocycles. The quantitative estimate of drug-likeness (QED) is 0.409. The second-order valence-corrected chi connectivity index (χ2v) is 2.97. The number of ether oxygens (including phenoxy) is 1. The number of alkyl halides is 1. The molecule has 0 aliphatic carbocycles. The normalized spacial score (nSPS) is 9.38. The summed E-state index contributed by atoms with van der Waals surface area (Å²) in [7, 11) is 1.51. The first-order chi connectivity index (χ1) is 7.60. The summed E-state index contributed by atoms with van der Waals surface area (Å²) in [5, 5.41) is 6.61. The van der Waals surface area contributed by atoms with Gasteiger partial charge in [-0.2, -0.15) is 0 Å². The van der Waals surface area contributed by atoms with E-state index in [0.717, 1.165) is 0 Å². The minimum Gasteiger partial charge on any atom is -0.383 e. The zero-order valence-corrected chi connectivity index (χ0v) is 9.60. The van der Waals surface area contributed by atoms with Crippen molar-refractivity contribution in [3.8, 4) is 0 Å². The number of methoxy groups -OCH3 is 1. The van der Waals surface area contributed by atoms with E-state index >= 15 is 0 Å². The molecule has 3 N–H and O–H groups in total. The number of carbonyl (C=O) groups excluding carboxylic acids is 3. The first-order valence-electron chi connectivity index (χ1n) is 4.49. The fraction of sp³-hybridized carbons (Fsp3) is 0.625. The monoisotopic (exact) mass is 251 g/mol. The number of hydrogen-bond donors (Lipinski definition) is 3. The molecule has 0 aliphatic rings. The van der Waals surface area contributed by atoms with Crippen LogP contribution in [-0.4, -0.2) is 50.5 Å². The van der Waals surface area contributed by atoms with Gasteiger partial charge < -0.3 is 15.4 Å². The van der Waals surface area contributed by atoms with Gasteiger partial charge >= 0.3 is 6.03 Å². The van der Waals surface area contributed by atoms with Crippen LogP contribution in [0.2, 0.25) is 0 Å². The maximum Gasteiger partial charge on any atom is 0.321 e. The standard InChI is InChI=1S/C8H14ClN3O4/c1-16-3-2-10-7(14)5-11-8(15)12-6(13)4-9/h2-5H2,1H3,(H,10,14)(H2,11,12,13,15). The summed E-state index contributed by atoms with van der Waals surface area (Å²) in [5.74, 6) is -1.31. The smallest absolute Gasteiger partial charge is 0.321 e. The number of halogens is 1. The number of hydrogen-bond acceptors (Lipinski definition) is 4. The lowest BCUT2D eigenvalue weighted by Gasteiger charge is -2.06. The van der Waals surface area contributed by atoms with E-state index in [1.165, 1.54) is 7.11 Å². The van der Waals surface area contributed by atoms with Crippen LogP contribution in [0.5, 0.6) is 0 Å². The van der Waals surface area contributed by atoms with Crippen LogP contribution in [0.4, 0.5) is 4.79 Å². The minimum absolute atomic E-state index is 0.217. The Morgan fingerprint density at radius 2 is 1.88 bits per heavy atom. The highest BCUT2D eigenvalue weighted by Gasteiger charge is 2.07. The third kappa shape index (κ3) is 8.01. The van der Waals surface area contributed by atoms with E-state index in [4.69, 9.17) is 16.3 Å². The number of nitrogens with one attached hydrogen (secondary N) is 3. The summed E-state index contributed by atoms with van der Waals surface area (Å²) < 4.78 is 4.71. The van der Waals surface area contributed by atoms with Gasteiger partial charge in [-0.25, -0.2) is 4.79 Å². The van der Waals surface area contributed by atoms with Crippen molar-refractivity contribution in [3.63, 3.8) is 0 Å². The second-order valence-electron chi connectivity index (χ2n) is 2.71. The molecule has 0 aromatic rings. The number of imide groups is 1. The number of urea groups is 1. The third-order valence-electron chi connectivity index (χ3n) is 1.41. The van der Waals surface area contributed by atoms with Gasteiger partial charge in [0.25, 0.3) is 0 Å². The molecule has 0 bridgehead atoms. The molecular formula is C8H14ClN3O4. The lowest BCUT2D eigenvalue weighted by Crippen LogP contribution is -2.44. The van der Waals surface area contributed by atoms with Crippen LogP contribution in [0.1, 0.15) is 0 Å². The van der Waals surface area contributed by atoms with E-state index in [-0.39, 0.29) is 18.3 Å². The molecule has 0 atom stereocenters. The van der Waals surface area contributed by atoms with Gasteiger partial charge in [-0.05, 0) is 0 Å². The SMILES string of the molecule is COCCNC(=O)CNC(=O)NC(=O)CCl. The van der Waals surface area contributed by atoms with Crippen LogP contribution in [-0.2, 0) is 14.3 Å². The molecule has 0 heterocycles. The Kier molecular flexibility index (Phi) is 8.18. The molecule has 0 fully saturated rings. The van der Waals surface area contributed by atoms with Gasteiger partial charge in [0.1, 0.15) is 5.88 Å². The highest BCUT2D eigenvalue weighted by atomic mass is 35.5. The summed E-state index contributed by atoms with van der Waals surface area (Å²) in [4.78, 5) is 32.7. The number of rotatable bonds is 6. The average molecular weight is 252 g/mol. The Balaban J connectivity index is 3.59. The molecule has 0 aliphatic heterocycles. The van der Waals surface area contributed by atoms with Crippen molar-refractivity contribution in [2.75, 3.05) is 32.7 Å². The molecule has 0 aromatic carbocycles. The van der Waals surface area contributed by atoms with Gasteiger partial charge in [0.15, 0.2) is 0 Å². The largest absolute Gasteiger partial charge is 0.383 e. The minimum atomic E-state index is -0.757. The van der Waals surface area contributed by atoms with Crippen LogP contribution >= 0.6 is 11.6 Å². The Bertz CT molecular complexity index is 260. The predicted octanol–water partition coefficient (Wildman–Crippen LogP) is -1.19. The molecule has 0 radical (unpaired) electrons. The van der Waals surface area contributed by atoms with Gasteiger partial charge in [0, 0.05) is 13.7 Å². The van der Waals surface area contributed by atoms with Crippen molar-refractivity contribution in [1.82, 2.24) is 16.0 Å². The number of amides is 4. The summed E-state index contributed by atoms with van der Waals surface area (Å²) >= 11 is 5.16. The molecule has 0 unspecified atom stereocenters. The van der Waals surface area contributed by atoms with E-state index in [2.05, 4.69) is 10.6 Å². The van der Waals surface area contributed by atoms with E-state index in [0.29, 0.717) is 13.2 Å². The Labute approximate surface area is 97.8 Å². The fourth-order valence-corrected chi connectivity index (χ4v) is 0.787. The Morgan fingerprint density at radius 1 is 1.19 bits per heavy atom. The molecule has 8 heteroatoms. The Morgan fingerprint density at radius 3 is 2.44 bits per heavy atom. The Hall–Kier alpha value is -1.34. The molecule has 92 valence electrons. The molecule has 0 rings (SSSR count). The van der Waals surface area contributed by atoms with E-state index in [9.17, 15) is 14.4 Å². The lowest BCUT2D eigenvalue weighted by atomic mass is 10.5. The van der Waals surface area contributed by atoms with Gasteiger partial charge in [-0.3, -0.25) is 14.9 Å². The van der Waals surface area contributed by atoms with Gasteiger partial charge in [0.2, 0.25) is 11.8 Å². The molecule has 7 nitrogen and oxygen atoms in total. The van der Waals surface area contributed by atoms with E-state index in [1.807, 2.05) is 5.32 Å². The van der Waals surface area contributed by atoms with E-state index in [1.54, 1.807) is 0 Å². The predicted molar refractivity (Wildman–Crippen MR) is 57.1 cm³/mol. The molecule has 0 saturated heterocycles. The van der Waals surface area contributed by atoms with Crippen LogP contribution in [0.15, 0.2) is 0 Å². The summed E-state index contributed by atoms with van der Waals surface area (Å²) in [6.07, 6.45) is 0. The molecule has 4 amide bonds. The lowest BCUT2D eigenvalue weighted by molar-refractivity contribution is -0.120. The molecule has 0 spiro atoms. The van der Waals surface area contributed by atoms with Crippen LogP contribution in [0.25, 0.3) is 0 Å². The van der Waals surface area contributed by atoms with Crippen molar-refractivity contribution in [1.29, 1.82) is 0 Å². The van der Waals surface area contributed by atoms with Crippen molar-refractivity contribution in [2.45, 2.75) is 0 Å². The van der Waals surface area contributed by atoms with Crippen molar-refractivity contribution < 1.29 is 19.1 Å². The molecule has 0 aromatic heterocycles. The molecule has 16 heavy (non-hydrogen) atoms. The van der Waals surface area contributed by atoms with Crippen molar-refractivity contribution >= 4 is 29.4 Å². The number of carbonyl (C=O) groups is 3. The zero-order valence-electron chi connectivity index (χ0n) is 8.84. The van der Waals surface area contributed by atoms with Gasteiger partial charge in [-0.1, -0.05) is 0 Å². The highest BCUT2D eigenvalue weighted by molar-refractivity contribution is 6.28. The summed E-state index contributed by atoms with van der Waals surface area (Å²) in [5.41, 5.74) is 0. The van der Waals surface area contributed by atoms with Gasteiger partial charge in [-0.15, -0.1) is 11.6 Å². The first kappa shape index (κ1) is 14.7. The first-order valence-corrected chi connectivity index (χ1v) is 5.03. The summed E-state index contributed by atoms with van der Waals surface area (Å²) in [6.45, 7) is 0.535.